The van der Waals surface area contributed by atoms with Gasteiger partial charge in [0.15, 0.2) is 9.84 Å². The lowest BCUT2D eigenvalue weighted by molar-refractivity contribution is 0.598. The van der Waals surface area contributed by atoms with Crippen molar-refractivity contribution < 1.29 is 8.42 Å². The number of sulfone groups is 1. The zero-order valence-electron chi connectivity index (χ0n) is 9.11. The molecule has 1 N–H and O–H groups in total. The largest absolute Gasteiger partial charge is 0.372 e. The van der Waals surface area contributed by atoms with Gasteiger partial charge in [0.25, 0.3) is 0 Å². The van der Waals surface area contributed by atoms with Gasteiger partial charge in [-0.05, 0) is 6.92 Å². The highest BCUT2D eigenvalue weighted by Crippen LogP contribution is 2.24. The molecule has 5 nitrogen and oxygen atoms in total. The Balaban J connectivity index is 3.42. The summed E-state index contributed by atoms with van der Waals surface area (Å²) in [5, 5.41) is 6.91. The summed E-state index contributed by atoms with van der Waals surface area (Å²) < 4.78 is 25.3. The normalized spacial score (nSPS) is 11.4. The van der Waals surface area contributed by atoms with Gasteiger partial charge in [0.1, 0.15) is 10.7 Å². The summed E-state index contributed by atoms with van der Waals surface area (Å²) in [6, 6.07) is 0. The van der Waals surface area contributed by atoms with Crippen LogP contribution in [0.5, 0.6) is 0 Å². The van der Waals surface area contributed by atoms with Crippen molar-refractivity contribution in [3.8, 4) is 0 Å². The molecule has 6 heteroatoms. The summed E-state index contributed by atoms with van der Waals surface area (Å²) >= 11 is 0. The van der Waals surface area contributed by atoms with E-state index in [0.29, 0.717) is 11.5 Å². The predicted octanol–water partition coefficient (Wildman–Crippen LogP) is 0.730. The summed E-state index contributed by atoms with van der Waals surface area (Å²) in [5.41, 5.74) is 0.503. The fourth-order valence-electron chi connectivity index (χ4n) is 1.52. The Hall–Kier alpha value is -1.30. The topological polar surface area (TPSA) is 64.0 Å². The quantitative estimate of drug-likeness (QED) is 0.773. The molecule has 0 amide bonds. The molecule has 0 unspecified atom stereocenters. The van der Waals surface area contributed by atoms with Crippen LogP contribution in [-0.4, -0.2) is 31.0 Å². The van der Waals surface area contributed by atoms with Crippen molar-refractivity contribution in [2.75, 3.05) is 18.1 Å². The zero-order chi connectivity index (χ0) is 11.6. The lowest BCUT2D eigenvalue weighted by Gasteiger charge is -2.05. The number of hydrogen-bond acceptors (Lipinski definition) is 4. The minimum atomic E-state index is -3.33. The first-order valence-corrected chi connectivity index (χ1v) is 6.14. The minimum absolute atomic E-state index is 0.0752. The van der Waals surface area contributed by atoms with E-state index in [1.165, 1.54) is 10.8 Å². The van der Waals surface area contributed by atoms with Gasteiger partial charge < -0.3 is 5.32 Å². The van der Waals surface area contributed by atoms with Gasteiger partial charge in [-0.2, -0.15) is 5.10 Å². The number of hydrogen-bond donors (Lipinski definition) is 1. The van der Waals surface area contributed by atoms with E-state index in [1.54, 1.807) is 21.0 Å². The highest BCUT2D eigenvalue weighted by atomic mass is 32.2. The van der Waals surface area contributed by atoms with Gasteiger partial charge in [0.2, 0.25) is 0 Å². The molecule has 15 heavy (non-hydrogen) atoms. The van der Waals surface area contributed by atoms with Crippen molar-refractivity contribution in [3.05, 3.63) is 18.3 Å². The van der Waals surface area contributed by atoms with Crippen LogP contribution in [0.15, 0.2) is 17.6 Å². The van der Waals surface area contributed by atoms with Gasteiger partial charge in [-0.3, -0.25) is 4.68 Å². The number of rotatable bonds is 4. The molecule has 0 atom stereocenters. The van der Waals surface area contributed by atoms with Gasteiger partial charge in [-0.1, -0.05) is 6.08 Å². The van der Waals surface area contributed by atoms with Crippen molar-refractivity contribution >= 4 is 15.7 Å². The molecular weight excluding hydrogens is 214 g/mol. The number of aryl methyl sites for hydroxylation is 2. The maximum absolute atomic E-state index is 11.9. The van der Waals surface area contributed by atoms with Crippen LogP contribution in [0, 0.1) is 6.92 Å². The van der Waals surface area contributed by atoms with E-state index in [4.69, 9.17) is 0 Å². The average Bonchev–Trinajstić information content (AvgIpc) is 2.40. The zero-order valence-corrected chi connectivity index (χ0v) is 9.93. The van der Waals surface area contributed by atoms with E-state index >= 15 is 0 Å². The Kier molecular flexibility index (Phi) is 3.18. The van der Waals surface area contributed by atoms with Crippen molar-refractivity contribution in [2.24, 2.45) is 7.05 Å². The molecule has 0 radical (unpaired) electrons. The molecule has 1 heterocycles. The summed E-state index contributed by atoms with van der Waals surface area (Å²) in [6.45, 7) is 5.11. The van der Waals surface area contributed by atoms with E-state index in [1.807, 2.05) is 0 Å². The highest BCUT2D eigenvalue weighted by Gasteiger charge is 2.24. The van der Waals surface area contributed by atoms with Crippen molar-refractivity contribution in [1.82, 2.24) is 9.78 Å². The van der Waals surface area contributed by atoms with Crippen LogP contribution < -0.4 is 5.32 Å². The minimum Gasteiger partial charge on any atom is -0.372 e. The molecule has 1 rings (SSSR count). The van der Waals surface area contributed by atoms with Gasteiger partial charge in [0, 0.05) is 14.1 Å². The van der Waals surface area contributed by atoms with Crippen LogP contribution in [0.3, 0.4) is 0 Å². The Morgan fingerprint density at radius 1 is 1.60 bits per heavy atom. The fraction of sp³-hybridized carbons (Fsp3) is 0.444. The van der Waals surface area contributed by atoms with Crippen LogP contribution in [0.25, 0.3) is 0 Å². The summed E-state index contributed by atoms with van der Waals surface area (Å²) in [4.78, 5) is 0.257. The molecule has 0 saturated carbocycles. The Morgan fingerprint density at radius 3 is 2.67 bits per heavy atom. The maximum Gasteiger partial charge on any atom is 0.187 e. The van der Waals surface area contributed by atoms with Crippen molar-refractivity contribution in [3.63, 3.8) is 0 Å². The number of nitrogens with one attached hydrogen (secondary N) is 1. The molecule has 0 aliphatic heterocycles. The lowest BCUT2D eigenvalue weighted by Crippen LogP contribution is -2.09. The van der Waals surface area contributed by atoms with Crippen LogP contribution in [0.1, 0.15) is 5.69 Å². The number of anilines is 1. The summed E-state index contributed by atoms with van der Waals surface area (Å²) in [5.74, 6) is 0.433. The first kappa shape index (κ1) is 11.8. The Morgan fingerprint density at radius 2 is 2.20 bits per heavy atom. The van der Waals surface area contributed by atoms with Crippen molar-refractivity contribution in [2.45, 2.75) is 11.8 Å². The summed E-state index contributed by atoms with van der Waals surface area (Å²) in [7, 11) is 0.0434. The Labute approximate surface area is 89.7 Å². The van der Waals surface area contributed by atoms with E-state index < -0.39 is 9.84 Å². The van der Waals surface area contributed by atoms with Crippen LogP contribution in [-0.2, 0) is 16.9 Å². The third-order valence-corrected chi connectivity index (χ3v) is 3.84. The third kappa shape index (κ3) is 2.04. The first-order valence-electron chi connectivity index (χ1n) is 4.49. The van der Waals surface area contributed by atoms with Gasteiger partial charge >= 0.3 is 0 Å². The predicted molar refractivity (Wildman–Crippen MR) is 59.7 cm³/mol. The molecule has 0 saturated heterocycles. The SMILES string of the molecule is C=CCS(=O)(=O)c1c(C)nn(C)c1NC. The molecule has 0 aromatic carbocycles. The van der Waals surface area contributed by atoms with Gasteiger partial charge in [-0.15, -0.1) is 6.58 Å². The lowest BCUT2D eigenvalue weighted by atomic mass is 10.5. The van der Waals surface area contributed by atoms with E-state index in [2.05, 4.69) is 17.0 Å². The van der Waals surface area contributed by atoms with Gasteiger partial charge in [-0.25, -0.2) is 8.42 Å². The van der Waals surface area contributed by atoms with Gasteiger partial charge in [0.05, 0.1) is 11.4 Å². The molecule has 0 spiro atoms. The molecule has 1 aromatic heterocycles. The van der Waals surface area contributed by atoms with E-state index in [9.17, 15) is 8.42 Å². The average molecular weight is 229 g/mol. The fourth-order valence-corrected chi connectivity index (χ4v) is 3.02. The van der Waals surface area contributed by atoms with E-state index in [-0.39, 0.29) is 10.6 Å². The van der Waals surface area contributed by atoms with E-state index in [0.717, 1.165) is 0 Å². The molecule has 1 aromatic rings. The van der Waals surface area contributed by atoms with Crippen molar-refractivity contribution in [1.29, 1.82) is 0 Å². The second kappa shape index (κ2) is 4.06. The molecule has 0 bridgehead atoms. The van der Waals surface area contributed by atoms with Crippen LogP contribution >= 0.6 is 0 Å². The standard InChI is InChI=1S/C9H15N3O2S/c1-5-6-15(13,14)8-7(2)11-12(4)9(8)10-3/h5,10H,1,6H2,2-4H3. The molecular formula is C9H15N3O2S. The molecule has 0 fully saturated rings. The molecule has 0 aliphatic carbocycles. The maximum atomic E-state index is 11.9. The molecule has 0 aliphatic rings. The molecule has 84 valence electrons. The Bertz CT molecular complexity index is 474. The second-order valence-electron chi connectivity index (χ2n) is 3.21. The highest BCUT2D eigenvalue weighted by molar-refractivity contribution is 7.91. The third-order valence-electron chi connectivity index (χ3n) is 2.05. The number of nitrogens with zero attached hydrogens (tertiary/aromatic N) is 2. The second-order valence-corrected chi connectivity index (χ2v) is 5.18. The summed E-state index contributed by atoms with van der Waals surface area (Å²) in [6.07, 6.45) is 1.38. The van der Waals surface area contributed by atoms with Crippen LogP contribution in [0.2, 0.25) is 0 Å². The monoisotopic (exact) mass is 229 g/mol. The van der Waals surface area contributed by atoms with Crippen LogP contribution in [0.4, 0.5) is 5.82 Å². The number of aromatic nitrogens is 2. The smallest absolute Gasteiger partial charge is 0.187 e. The first-order chi connectivity index (χ1) is 6.94.